The van der Waals surface area contributed by atoms with Crippen LogP contribution < -0.4 is 0 Å². The number of ether oxygens (including phenoxy) is 2. The Bertz CT molecular complexity index is 800. The number of carbonyl (C=O) groups excluding carboxylic acids is 2. The van der Waals surface area contributed by atoms with E-state index in [1.807, 2.05) is 0 Å². The van der Waals surface area contributed by atoms with E-state index < -0.39 is 47.1 Å². The van der Waals surface area contributed by atoms with E-state index in [-0.39, 0.29) is 31.3 Å². The Morgan fingerprint density at radius 2 is 2.07 bits per heavy atom. The number of benzene rings is 1. The van der Waals surface area contributed by atoms with Crippen LogP contribution in [0.5, 0.6) is 5.75 Å². The van der Waals surface area contributed by atoms with Gasteiger partial charge in [-0.3, -0.25) is 14.5 Å². The molecule has 27 heavy (non-hydrogen) atoms. The molecule has 4 rings (SSSR count). The number of imide groups is 1. The fourth-order valence-electron chi connectivity index (χ4n) is 4.96. The van der Waals surface area contributed by atoms with Crippen LogP contribution in [-0.2, 0) is 19.1 Å². The predicted molar refractivity (Wildman–Crippen MR) is 89.7 cm³/mol. The third-order valence-electron chi connectivity index (χ3n) is 6.30. The van der Waals surface area contributed by atoms with Gasteiger partial charge in [-0.2, -0.15) is 0 Å². The van der Waals surface area contributed by atoms with Crippen molar-refractivity contribution in [1.82, 2.24) is 4.90 Å². The molecule has 2 N–H and O–H groups in total. The summed E-state index contributed by atoms with van der Waals surface area (Å²) in [5.41, 5.74) is 0.464. The fraction of sp³-hybridized carbons (Fsp3) is 0.579. The van der Waals surface area contributed by atoms with Crippen LogP contribution in [0.15, 0.2) is 18.2 Å². The topological polar surface area (TPSA) is 96.3 Å². The number of fused-ring (bicyclic) bond motifs is 3. The number of phenolic OH excluding ortho intramolecular Hbond substituents is 1. The third-order valence-corrected chi connectivity index (χ3v) is 6.30. The van der Waals surface area contributed by atoms with E-state index in [2.05, 4.69) is 0 Å². The van der Waals surface area contributed by atoms with Crippen LogP contribution in [0.1, 0.15) is 24.5 Å². The zero-order valence-corrected chi connectivity index (χ0v) is 15.1. The van der Waals surface area contributed by atoms with Gasteiger partial charge in [0.1, 0.15) is 0 Å². The molecule has 2 aliphatic heterocycles. The van der Waals surface area contributed by atoms with Crippen molar-refractivity contribution in [1.29, 1.82) is 0 Å². The van der Waals surface area contributed by atoms with Gasteiger partial charge in [0.05, 0.1) is 24.5 Å². The smallest absolute Gasteiger partial charge is 0.233 e. The van der Waals surface area contributed by atoms with Crippen LogP contribution in [-0.4, -0.2) is 53.5 Å². The fourth-order valence-corrected chi connectivity index (χ4v) is 4.96. The number of phenols is 1. The minimum atomic E-state index is -1.64. The van der Waals surface area contributed by atoms with Crippen LogP contribution in [0, 0.1) is 29.5 Å². The highest BCUT2D eigenvalue weighted by atomic mass is 19.1. The van der Waals surface area contributed by atoms with Gasteiger partial charge in [-0.1, -0.05) is 6.07 Å². The Hall–Kier alpha value is -2.03. The normalized spacial score (nSPS) is 38.2. The molecule has 146 valence electrons. The molecular formula is C19H22FNO6. The summed E-state index contributed by atoms with van der Waals surface area (Å²) in [6.07, 6.45) is -0.0894. The molecule has 0 spiro atoms. The molecule has 0 radical (unpaired) electrons. The highest BCUT2D eigenvalue weighted by molar-refractivity contribution is 6.05. The zero-order valence-electron chi connectivity index (χ0n) is 15.1. The first kappa shape index (κ1) is 18.3. The van der Waals surface area contributed by atoms with Gasteiger partial charge in [0.25, 0.3) is 0 Å². The molecule has 2 saturated heterocycles. The maximum atomic E-state index is 13.8. The number of halogens is 1. The van der Waals surface area contributed by atoms with Crippen molar-refractivity contribution in [2.45, 2.75) is 24.7 Å². The van der Waals surface area contributed by atoms with Crippen LogP contribution in [0.4, 0.5) is 4.39 Å². The molecule has 0 aromatic heterocycles. The van der Waals surface area contributed by atoms with Crippen molar-refractivity contribution in [2.24, 2.45) is 23.7 Å². The van der Waals surface area contributed by atoms with E-state index in [0.29, 0.717) is 5.56 Å². The summed E-state index contributed by atoms with van der Waals surface area (Å²) in [6.45, 7) is 0.179. The second-order valence-electron chi connectivity index (χ2n) is 7.67. The minimum Gasteiger partial charge on any atom is -0.505 e. The van der Waals surface area contributed by atoms with Crippen LogP contribution in [0.2, 0.25) is 0 Å². The molecule has 0 bridgehead atoms. The SMILES string of the molecule is COC[C@H]1C[C@@H]2C(=O)N(C)C(=O)[C@@H]2[C@@H]2C[C@@H](c3ccc(O)c(F)c3)O[C@]12O. The summed E-state index contributed by atoms with van der Waals surface area (Å²) in [6, 6.07) is 3.92. The van der Waals surface area contributed by atoms with Gasteiger partial charge in [-0.25, -0.2) is 4.39 Å². The Labute approximate surface area is 155 Å². The highest BCUT2D eigenvalue weighted by Crippen LogP contribution is 2.58. The summed E-state index contributed by atoms with van der Waals surface area (Å²) in [7, 11) is 2.95. The maximum absolute atomic E-state index is 13.8. The Morgan fingerprint density at radius 3 is 2.74 bits per heavy atom. The largest absolute Gasteiger partial charge is 0.505 e. The lowest BCUT2D eigenvalue weighted by Crippen LogP contribution is -2.54. The van der Waals surface area contributed by atoms with Crippen LogP contribution in [0.3, 0.4) is 0 Å². The minimum absolute atomic E-state index is 0.179. The zero-order chi connectivity index (χ0) is 19.5. The number of nitrogens with zero attached hydrogens (tertiary/aromatic N) is 1. The number of hydrogen-bond acceptors (Lipinski definition) is 6. The second kappa shape index (κ2) is 6.25. The molecule has 1 aromatic rings. The molecule has 1 aromatic carbocycles. The van der Waals surface area contributed by atoms with E-state index in [9.17, 15) is 24.2 Å². The second-order valence-corrected chi connectivity index (χ2v) is 7.67. The van der Waals surface area contributed by atoms with Gasteiger partial charge < -0.3 is 19.7 Å². The summed E-state index contributed by atoms with van der Waals surface area (Å²) >= 11 is 0. The number of aromatic hydroxyl groups is 1. The number of likely N-dealkylation sites (tertiary alicyclic amines) is 1. The van der Waals surface area contributed by atoms with Crippen molar-refractivity contribution in [3.05, 3.63) is 29.6 Å². The van der Waals surface area contributed by atoms with Gasteiger partial charge >= 0.3 is 0 Å². The molecule has 0 unspecified atom stereocenters. The monoisotopic (exact) mass is 379 g/mol. The van der Waals surface area contributed by atoms with Gasteiger partial charge in [-0.15, -0.1) is 0 Å². The number of rotatable bonds is 3. The standard InChI is InChI=1S/C19H22FNO6/c1-21-17(23)11-6-10(8-26-2)19(25)12(16(11)18(21)24)7-15(27-19)9-3-4-14(22)13(20)5-9/h3-5,10-12,15-16,22,25H,6-8H2,1-2H3/t10-,11+,12+,15+,16+,19-/m1/s1. The number of aliphatic hydroxyl groups is 1. The van der Waals surface area contributed by atoms with Crippen LogP contribution in [0.25, 0.3) is 0 Å². The van der Waals surface area contributed by atoms with Crippen LogP contribution >= 0.6 is 0 Å². The lowest BCUT2D eigenvalue weighted by atomic mass is 9.64. The van der Waals surface area contributed by atoms with Crippen molar-refractivity contribution in [3.63, 3.8) is 0 Å². The van der Waals surface area contributed by atoms with E-state index >= 15 is 0 Å². The third kappa shape index (κ3) is 2.58. The van der Waals surface area contributed by atoms with Gasteiger partial charge in [0, 0.05) is 26.0 Å². The maximum Gasteiger partial charge on any atom is 0.233 e. The molecule has 7 nitrogen and oxygen atoms in total. The summed E-state index contributed by atoms with van der Waals surface area (Å²) in [5, 5.41) is 20.8. The summed E-state index contributed by atoms with van der Waals surface area (Å²) in [5.74, 6) is -5.70. The van der Waals surface area contributed by atoms with Crippen molar-refractivity contribution in [3.8, 4) is 5.75 Å². The number of methoxy groups -OCH3 is 1. The average molecular weight is 379 g/mol. The number of amides is 2. The lowest BCUT2D eigenvalue weighted by molar-refractivity contribution is -0.275. The van der Waals surface area contributed by atoms with Gasteiger partial charge in [0.15, 0.2) is 17.4 Å². The molecule has 8 heteroatoms. The Balaban J connectivity index is 1.72. The van der Waals surface area contributed by atoms with Crippen molar-refractivity contribution < 1.29 is 33.7 Å². The highest BCUT2D eigenvalue weighted by Gasteiger charge is 2.66. The summed E-state index contributed by atoms with van der Waals surface area (Å²) in [4.78, 5) is 26.3. The van der Waals surface area contributed by atoms with Gasteiger partial charge in [-0.05, 0) is 30.5 Å². The molecule has 6 atom stereocenters. The predicted octanol–water partition coefficient (Wildman–Crippen LogP) is 1.19. The molecule has 3 fully saturated rings. The number of carbonyl (C=O) groups is 2. The molecule has 1 saturated carbocycles. The average Bonchev–Trinajstić information content (AvgIpc) is 3.09. The molecule has 3 aliphatic rings. The molecule has 2 heterocycles. The van der Waals surface area contributed by atoms with Gasteiger partial charge in [0.2, 0.25) is 11.8 Å². The molecular weight excluding hydrogens is 357 g/mol. The first-order chi connectivity index (χ1) is 12.8. The van der Waals surface area contributed by atoms with E-state index in [1.54, 1.807) is 0 Å². The first-order valence-electron chi connectivity index (χ1n) is 8.96. The first-order valence-corrected chi connectivity index (χ1v) is 8.96. The molecule has 1 aliphatic carbocycles. The van der Waals surface area contributed by atoms with E-state index in [4.69, 9.17) is 9.47 Å². The van der Waals surface area contributed by atoms with Crippen molar-refractivity contribution >= 4 is 11.8 Å². The summed E-state index contributed by atoms with van der Waals surface area (Å²) < 4.78 is 25.0. The Kier molecular flexibility index (Phi) is 4.25. The lowest BCUT2D eigenvalue weighted by Gasteiger charge is -2.44. The van der Waals surface area contributed by atoms with Crippen molar-refractivity contribution in [2.75, 3.05) is 20.8 Å². The number of hydrogen-bond donors (Lipinski definition) is 2. The molecule has 2 amide bonds. The Morgan fingerprint density at radius 1 is 1.33 bits per heavy atom. The van der Waals surface area contributed by atoms with E-state index in [1.165, 1.54) is 26.3 Å². The van der Waals surface area contributed by atoms with E-state index in [0.717, 1.165) is 11.0 Å². The quantitative estimate of drug-likeness (QED) is 0.766.